The maximum atomic E-state index is 13.6. The van der Waals surface area contributed by atoms with Gasteiger partial charge in [0.05, 0.1) is 0 Å². The summed E-state index contributed by atoms with van der Waals surface area (Å²) >= 11 is 0. The summed E-state index contributed by atoms with van der Waals surface area (Å²) in [5.41, 5.74) is 0. The molecule has 6 nitrogen and oxygen atoms in total. The number of rotatable bonds is 33. The van der Waals surface area contributed by atoms with Crippen LogP contribution in [0.25, 0.3) is 0 Å². The third-order valence-electron chi connectivity index (χ3n) is 8.80. The Bertz CT molecular complexity index is 723. The number of carbonyl (C=O) groups excluding carboxylic acids is 1. The van der Waals surface area contributed by atoms with Gasteiger partial charge in [-0.25, -0.2) is 0 Å². The minimum absolute atomic E-state index is 0.102. The summed E-state index contributed by atoms with van der Waals surface area (Å²) in [6.45, 7) is 7.91. The van der Waals surface area contributed by atoms with E-state index in [0.29, 0.717) is 31.5 Å². The molecule has 260 valence electrons. The molecule has 0 bridgehead atoms. The first-order valence-corrected chi connectivity index (χ1v) is 22.7. The quantitative estimate of drug-likeness (QED) is 0.0399. The molecule has 0 spiro atoms. The van der Waals surface area contributed by atoms with E-state index in [2.05, 4.69) is 34.6 Å². The fourth-order valence-electron chi connectivity index (χ4n) is 6.11. The van der Waals surface area contributed by atoms with Gasteiger partial charge in [0, 0.05) is 0 Å². The molecule has 0 atom stereocenters. The number of hydrogen-bond donors (Lipinski definition) is 0. The van der Waals surface area contributed by atoms with Crippen LogP contribution in [0.2, 0.25) is 0 Å². The zero-order valence-corrected chi connectivity index (χ0v) is 31.0. The zero-order valence-electron chi connectivity index (χ0n) is 29.3. The van der Waals surface area contributed by atoms with Crippen LogP contribution in [0.15, 0.2) is 0 Å². The predicted molar refractivity (Wildman–Crippen MR) is 188 cm³/mol. The second-order valence-corrected chi connectivity index (χ2v) is 20.1. The fraction of sp³-hybridized carbons (Fsp3) is 0.971. The molecule has 0 rings (SSSR count). The van der Waals surface area contributed by atoms with E-state index in [1.54, 1.807) is 0 Å². The van der Waals surface area contributed by atoms with Gasteiger partial charge in [0.15, 0.2) is 0 Å². The number of esters is 1. The summed E-state index contributed by atoms with van der Waals surface area (Å²) in [5, 5.41) is 0. The molecule has 0 aromatic rings. The Balaban J connectivity index is 6.11. The Morgan fingerprint density at radius 3 is 1.26 bits per heavy atom. The third kappa shape index (κ3) is 22.0. The molecule has 0 unspecified atom stereocenters. The van der Waals surface area contributed by atoms with Crippen molar-refractivity contribution in [2.45, 2.75) is 182 Å². The standard InChI is InChI=1S/C35H73O6PS/c1-6-11-16-21-23-25-30-40-43(37,38)41-42(31-26-18-13-8-3,32-27-19-14-9-4,33-28-20-15-10-5)34-35(36)39-29-24-22-17-12-7-2/h6-34H2,1-5H3. The van der Waals surface area contributed by atoms with Gasteiger partial charge in [-0.1, -0.05) is 0 Å². The topological polar surface area (TPSA) is 78.9 Å². The van der Waals surface area contributed by atoms with Crippen molar-refractivity contribution in [1.29, 1.82) is 0 Å². The third-order valence-corrected chi connectivity index (χ3v) is 17.1. The summed E-state index contributed by atoms with van der Waals surface area (Å²) in [6, 6.07) is 0. The first-order valence-electron chi connectivity index (χ1n) is 18.5. The second-order valence-electron chi connectivity index (χ2n) is 13.1. The van der Waals surface area contributed by atoms with Crippen LogP contribution in [0.3, 0.4) is 0 Å². The number of unbranched alkanes of at least 4 members (excludes halogenated alkanes) is 18. The number of carbonyl (C=O) groups is 1. The second kappa shape index (κ2) is 26.9. The molecular formula is C35H73O6PS. The van der Waals surface area contributed by atoms with Crippen LogP contribution in [-0.4, -0.2) is 52.2 Å². The van der Waals surface area contributed by atoms with Crippen LogP contribution in [0, 0.1) is 0 Å². The maximum absolute atomic E-state index is 13.6. The Morgan fingerprint density at radius 2 is 0.837 bits per heavy atom. The Labute approximate surface area is 268 Å². The van der Waals surface area contributed by atoms with Crippen molar-refractivity contribution in [2.75, 3.05) is 37.9 Å². The van der Waals surface area contributed by atoms with Crippen LogP contribution < -0.4 is 0 Å². The van der Waals surface area contributed by atoms with Gasteiger partial charge in [-0.05, 0) is 0 Å². The molecule has 0 N–H and O–H groups in total. The SMILES string of the molecule is CCCCCCCCOS(=O)(=O)OP(CCCCCC)(CCCCCC)(CCCCCC)CC(=O)OCCCCCCC. The van der Waals surface area contributed by atoms with E-state index in [4.69, 9.17) is 12.9 Å². The summed E-state index contributed by atoms with van der Waals surface area (Å²) in [5.74, 6) is -0.277. The average molecular weight is 653 g/mol. The van der Waals surface area contributed by atoms with Crippen molar-refractivity contribution >= 4 is 23.2 Å². The first kappa shape index (κ1) is 42.8. The van der Waals surface area contributed by atoms with Crippen LogP contribution >= 0.6 is 6.83 Å². The van der Waals surface area contributed by atoms with Gasteiger partial charge in [-0.3, -0.25) is 0 Å². The Morgan fingerprint density at radius 1 is 0.488 bits per heavy atom. The summed E-state index contributed by atoms with van der Waals surface area (Å²) in [4.78, 5) is 13.6. The van der Waals surface area contributed by atoms with Gasteiger partial charge in [-0.15, -0.1) is 0 Å². The molecule has 0 fully saturated rings. The van der Waals surface area contributed by atoms with Gasteiger partial charge in [0.25, 0.3) is 0 Å². The molecule has 43 heavy (non-hydrogen) atoms. The molecule has 0 saturated carbocycles. The molecule has 0 aliphatic carbocycles. The van der Waals surface area contributed by atoms with E-state index in [1.807, 2.05) is 0 Å². The van der Waals surface area contributed by atoms with Crippen molar-refractivity contribution in [3.8, 4) is 0 Å². The molecule has 0 heterocycles. The molecule has 8 heteroatoms. The van der Waals surface area contributed by atoms with E-state index in [1.165, 1.54) is 32.1 Å². The Kier molecular flexibility index (Phi) is 26.8. The average Bonchev–Trinajstić information content (AvgIpc) is 2.97. The van der Waals surface area contributed by atoms with Crippen molar-refractivity contribution < 1.29 is 26.1 Å². The van der Waals surface area contributed by atoms with Crippen LogP contribution in [0.1, 0.15) is 182 Å². The predicted octanol–water partition coefficient (Wildman–Crippen LogP) is 11.3. The summed E-state index contributed by atoms with van der Waals surface area (Å²) in [6.07, 6.45) is 26.1. The van der Waals surface area contributed by atoms with E-state index < -0.39 is 17.2 Å². The van der Waals surface area contributed by atoms with Gasteiger partial charge >= 0.3 is 269 Å². The summed E-state index contributed by atoms with van der Waals surface area (Å²) < 4.78 is 45.1. The van der Waals surface area contributed by atoms with Gasteiger partial charge in [-0.2, -0.15) is 0 Å². The number of hydrogen-bond acceptors (Lipinski definition) is 6. The molecule has 0 aromatic carbocycles. The van der Waals surface area contributed by atoms with E-state index in [9.17, 15) is 13.2 Å². The monoisotopic (exact) mass is 652 g/mol. The van der Waals surface area contributed by atoms with E-state index >= 15 is 0 Å². The molecule has 0 saturated heterocycles. The van der Waals surface area contributed by atoms with Gasteiger partial charge < -0.3 is 0 Å². The van der Waals surface area contributed by atoms with E-state index in [-0.39, 0.29) is 18.7 Å². The van der Waals surface area contributed by atoms with Crippen LogP contribution in [0.5, 0.6) is 0 Å². The normalized spacial score (nSPS) is 13.2. The molecule has 0 aliphatic heterocycles. The molecule has 0 amide bonds. The first-order chi connectivity index (χ1) is 20.7. The van der Waals surface area contributed by atoms with Crippen molar-refractivity contribution in [3.63, 3.8) is 0 Å². The van der Waals surface area contributed by atoms with E-state index in [0.717, 1.165) is 109 Å². The van der Waals surface area contributed by atoms with Gasteiger partial charge in [0.1, 0.15) is 0 Å². The Hall–Kier alpha value is -0.230. The van der Waals surface area contributed by atoms with Crippen molar-refractivity contribution in [2.24, 2.45) is 0 Å². The molecular weight excluding hydrogens is 579 g/mol. The fourth-order valence-corrected chi connectivity index (χ4v) is 14.7. The zero-order chi connectivity index (χ0) is 32.2. The number of ether oxygens (including phenoxy) is 1. The van der Waals surface area contributed by atoms with Gasteiger partial charge in [0.2, 0.25) is 0 Å². The molecule has 0 radical (unpaired) electrons. The van der Waals surface area contributed by atoms with Crippen LogP contribution in [0.4, 0.5) is 0 Å². The van der Waals surface area contributed by atoms with Crippen molar-refractivity contribution in [1.82, 2.24) is 0 Å². The molecule has 0 aliphatic rings. The summed E-state index contributed by atoms with van der Waals surface area (Å²) in [7, 11) is -4.25. The minimum atomic E-state index is -4.25. The van der Waals surface area contributed by atoms with Crippen molar-refractivity contribution in [3.05, 3.63) is 0 Å². The molecule has 0 aromatic heterocycles. The van der Waals surface area contributed by atoms with Crippen LogP contribution in [-0.2, 0) is 28.1 Å².